The Kier molecular flexibility index (Phi) is 3.81. The van der Waals surface area contributed by atoms with Crippen LogP contribution in [0.4, 0.5) is 0 Å². The SMILES string of the molecule is Cc1cc(C)cc(Cc2ncc(Cl)c(C(=O)O)n2)c1. The molecule has 98 valence electrons. The van der Waals surface area contributed by atoms with Gasteiger partial charge in [-0.3, -0.25) is 0 Å². The summed E-state index contributed by atoms with van der Waals surface area (Å²) in [6.45, 7) is 4.03. The summed E-state index contributed by atoms with van der Waals surface area (Å²) >= 11 is 5.74. The smallest absolute Gasteiger partial charge is 0.356 e. The molecule has 0 spiro atoms. The molecule has 0 radical (unpaired) electrons. The minimum Gasteiger partial charge on any atom is -0.476 e. The Balaban J connectivity index is 2.33. The molecule has 0 aliphatic rings. The summed E-state index contributed by atoms with van der Waals surface area (Å²) in [4.78, 5) is 19.0. The predicted octanol–water partition coefficient (Wildman–Crippen LogP) is 3.04. The zero-order chi connectivity index (χ0) is 14.0. The first-order chi connectivity index (χ1) is 8.95. The van der Waals surface area contributed by atoms with Crippen LogP contribution in [0.1, 0.15) is 33.0 Å². The van der Waals surface area contributed by atoms with Gasteiger partial charge in [0.2, 0.25) is 0 Å². The Hall–Kier alpha value is -1.94. The highest BCUT2D eigenvalue weighted by Gasteiger charge is 2.12. The van der Waals surface area contributed by atoms with Crippen LogP contribution in [0.2, 0.25) is 5.02 Å². The normalized spacial score (nSPS) is 10.5. The number of aromatic nitrogens is 2. The van der Waals surface area contributed by atoms with E-state index in [4.69, 9.17) is 16.7 Å². The lowest BCUT2D eigenvalue weighted by molar-refractivity contribution is 0.0690. The minimum absolute atomic E-state index is 0.0525. The average Bonchev–Trinajstić information content (AvgIpc) is 2.30. The predicted molar refractivity (Wildman–Crippen MR) is 72.7 cm³/mol. The van der Waals surface area contributed by atoms with Crippen molar-refractivity contribution in [3.8, 4) is 0 Å². The largest absolute Gasteiger partial charge is 0.476 e. The maximum atomic E-state index is 11.0. The van der Waals surface area contributed by atoms with Crippen molar-refractivity contribution in [2.75, 3.05) is 0 Å². The summed E-state index contributed by atoms with van der Waals surface area (Å²) in [5.74, 6) is -0.694. The highest BCUT2D eigenvalue weighted by molar-refractivity contribution is 6.33. The highest BCUT2D eigenvalue weighted by Crippen LogP contribution is 2.15. The molecule has 0 fully saturated rings. The molecule has 0 aliphatic heterocycles. The van der Waals surface area contributed by atoms with Crippen molar-refractivity contribution in [2.24, 2.45) is 0 Å². The molecule has 0 amide bonds. The van der Waals surface area contributed by atoms with Crippen molar-refractivity contribution < 1.29 is 9.90 Å². The van der Waals surface area contributed by atoms with E-state index < -0.39 is 5.97 Å². The van der Waals surface area contributed by atoms with E-state index >= 15 is 0 Å². The van der Waals surface area contributed by atoms with Crippen LogP contribution in [0, 0.1) is 13.8 Å². The number of hydrogen-bond acceptors (Lipinski definition) is 3. The topological polar surface area (TPSA) is 63.1 Å². The van der Waals surface area contributed by atoms with Gasteiger partial charge in [0.05, 0.1) is 11.2 Å². The van der Waals surface area contributed by atoms with Gasteiger partial charge in [-0.05, 0) is 19.4 Å². The van der Waals surface area contributed by atoms with Crippen molar-refractivity contribution in [3.63, 3.8) is 0 Å². The summed E-state index contributed by atoms with van der Waals surface area (Å²) < 4.78 is 0. The van der Waals surface area contributed by atoms with E-state index in [0.717, 1.165) is 16.7 Å². The van der Waals surface area contributed by atoms with E-state index in [9.17, 15) is 4.79 Å². The molecule has 0 aliphatic carbocycles. The highest BCUT2D eigenvalue weighted by atomic mass is 35.5. The molecule has 1 N–H and O–H groups in total. The lowest BCUT2D eigenvalue weighted by atomic mass is 10.0. The molecule has 4 nitrogen and oxygen atoms in total. The standard InChI is InChI=1S/C14H13ClN2O2/c1-8-3-9(2)5-10(4-8)6-12-16-7-11(15)13(17-12)14(18)19/h3-5,7H,6H2,1-2H3,(H,18,19). The van der Waals surface area contributed by atoms with Crippen LogP contribution in [-0.4, -0.2) is 21.0 Å². The van der Waals surface area contributed by atoms with E-state index in [0.29, 0.717) is 12.2 Å². The van der Waals surface area contributed by atoms with Gasteiger partial charge >= 0.3 is 5.97 Å². The zero-order valence-electron chi connectivity index (χ0n) is 10.6. The van der Waals surface area contributed by atoms with Crippen LogP contribution in [0.3, 0.4) is 0 Å². The molecule has 2 rings (SSSR count). The Morgan fingerprint density at radius 3 is 2.47 bits per heavy atom. The zero-order valence-corrected chi connectivity index (χ0v) is 11.4. The lowest BCUT2D eigenvalue weighted by Gasteiger charge is -2.05. The third kappa shape index (κ3) is 3.29. The number of hydrogen-bond donors (Lipinski definition) is 1. The minimum atomic E-state index is -1.14. The lowest BCUT2D eigenvalue weighted by Crippen LogP contribution is -2.06. The fraction of sp³-hybridized carbons (Fsp3) is 0.214. The van der Waals surface area contributed by atoms with Gasteiger partial charge in [0.15, 0.2) is 5.69 Å². The van der Waals surface area contributed by atoms with Crippen molar-refractivity contribution in [3.05, 3.63) is 57.6 Å². The molecule has 0 atom stereocenters. The van der Waals surface area contributed by atoms with Gasteiger partial charge in [0.25, 0.3) is 0 Å². The second kappa shape index (κ2) is 5.36. The number of nitrogens with zero attached hydrogens (tertiary/aromatic N) is 2. The van der Waals surface area contributed by atoms with E-state index in [1.165, 1.54) is 6.20 Å². The molecule has 5 heteroatoms. The Bertz CT molecular complexity index is 621. The Labute approximate surface area is 116 Å². The number of aromatic carboxylic acids is 1. The fourth-order valence-corrected chi connectivity index (χ4v) is 2.16. The maximum Gasteiger partial charge on any atom is 0.356 e. The van der Waals surface area contributed by atoms with Crippen molar-refractivity contribution in [2.45, 2.75) is 20.3 Å². The number of carbonyl (C=O) groups is 1. The molecule has 19 heavy (non-hydrogen) atoms. The molecule has 0 saturated heterocycles. The van der Waals surface area contributed by atoms with Crippen LogP contribution in [0.25, 0.3) is 0 Å². The molecule has 2 aromatic rings. The average molecular weight is 277 g/mol. The van der Waals surface area contributed by atoms with Gasteiger partial charge < -0.3 is 5.11 Å². The molecular formula is C14H13ClN2O2. The third-order valence-electron chi connectivity index (χ3n) is 2.64. The van der Waals surface area contributed by atoms with E-state index in [-0.39, 0.29) is 10.7 Å². The molecule has 1 aromatic heterocycles. The number of aryl methyl sites for hydroxylation is 2. The number of carboxylic acid groups (broad SMARTS) is 1. The van der Waals surface area contributed by atoms with Gasteiger partial charge in [-0.1, -0.05) is 40.9 Å². The molecular weight excluding hydrogens is 264 g/mol. The van der Waals surface area contributed by atoms with Crippen LogP contribution >= 0.6 is 11.6 Å². The third-order valence-corrected chi connectivity index (χ3v) is 2.92. The number of carboxylic acids is 1. The first-order valence-electron chi connectivity index (χ1n) is 5.77. The van der Waals surface area contributed by atoms with Gasteiger partial charge in [-0.15, -0.1) is 0 Å². The van der Waals surface area contributed by atoms with Crippen molar-refractivity contribution >= 4 is 17.6 Å². The monoisotopic (exact) mass is 276 g/mol. The van der Waals surface area contributed by atoms with Gasteiger partial charge in [0.1, 0.15) is 5.82 Å². The van der Waals surface area contributed by atoms with Crippen molar-refractivity contribution in [1.29, 1.82) is 0 Å². The second-order valence-corrected chi connectivity index (χ2v) is 4.87. The maximum absolute atomic E-state index is 11.0. The quantitative estimate of drug-likeness (QED) is 0.936. The van der Waals surface area contributed by atoms with Gasteiger partial charge in [-0.25, -0.2) is 14.8 Å². The number of halogens is 1. The molecule has 0 bridgehead atoms. The number of rotatable bonds is 3. The summed E-state index contributed by atoms with van der Waals surface area (Å²) in [6, 6.07) is 6.14. The van der Waals surface area contributed by atoms with Crippen LogP contribution < -0.4 is 0 Å². The Morgan fingerprint density at radius 2 is 1.89 bits per heavy atom. The van der Waals surface area contributed by atoms with E-state index in [2.05, 4.69) is 16.0 Å². The first-order valence-corrected chi connectivity index (χ1v) is 6.15. The van der Waals surface area contributed by atoms with Crippen LogP contribution in [-0.2, 0) is 6.42 Å². The Morgan fingerprint density at radius 1 is 1.26 bits per heavy atom. The first kappa shape index (κ1) is 13.5. The second-order valence-electron chi connectivity index (χ2n) is 4.46. The molecule has 1 aromatic carbocycles. The summed E-state index contributed by atoms with van der Waals surface area (Å²) in [7, 11) is 0. The summed E-state index contributed by atoms with van der Waals surface area (Å²) in [5, 5.41) is 9.02. The van der Waals surface area contributed by atoms with Crippen LogP contribution in [0.5, 0.6) is 0 Å². The van der Waals surface area contributed by atoms with E-state index in [1.54, 1.807) is 0 Å². The van der Waals surface area contributed by atoms with Gasteiger partial charge in [0, 0.05) is 6.42 Å². The van der Waals surface area contributed by atoms with Crippen LogP contribution in [0.15, 0.2) is 24.4 Å². The molecule has 0 saturated carbocycles. The molecule has 0 unspecified atom stereocenters. The van der Waals surface area contributed by atoms with Crippen molar-refractivity contribution in [1.82, 2.24) is 9.97 Å². The van der Waals surface area contributed by atoms with E-state index in [1.807, 2.05) is 26.0 Å². The fourth-order valence-electron chi connectivity index (χ4n) is 1.99. The van der Waals surface area contributed by atoms with Gasteiger partial charge in [-0.2, -0.15) is 0 Å². The summed E-state index contributed by atoms with van der Waals surface area (Å²) in [5.41, 5.74) is 3.21. The molecule has 1 heterocycles. The summed E-state index contributed by atoms with van der Waals surface area (Å²) in [6.07, 6.45) is 1.82. The number of benzene rings is 1.